The van der Waals surface area contributed by atoms with Crippen LogP contribution in [0.4, 0.5) is 18.0 Å². The normalized spacial score (nSPS) is 18.2. The van der Waals surface area contributed by atoms with Crippen LogP contribution < -0.4 is 5.32 Å². The largest absolute Gasteiger partial charge is 0.416 e. The lowest BCUT2D eigenvalue weighted by atomic mass is 10.0. The Kier molecular flexibility index (Phi) is 4.04. The first kappa shape index (κ1) is 16.4. The molecule has 1 saturated heterocycles. The summed E-state index contributed by atoms with van der Waals surface area (Å²) in [4.78, 5) is 30.3. The van der Waals surface area contributed by atoms with Gasteiger partial charge in [0.2, 0.25) is 0 Å². The van der Waals surface area contributed by atoms with Gasteiger partial charge in [0, 0.05) is 11.1 Å². The number of amides is 3. The number of carbonyl (C=O) groups excluding carboxylic acids is 2. The molecule has 0 spiro atoms. The van der Waals surface area contributed by atoms with Gasteiger partial charge >= 0.3 is 12.2 Å². The molecule has 0 bridgehead atoms. The van der Waals surface area contributed by atoms with Crippen molar-refractivity contribution in [3.05, 3.63) is 51.5 Å². The van der Waals surface area contributed by atoms with Gasteiger partial charge in [0.15, 0.2) is 0 Å². The summed E-state index contributed by atoms with van der Waals surface area (Å²) in [6, 6.07) is 2.64. The average molecular weight is 355 g/mol. The number of benzene rings is 1. The van der Waals surface area contributed by atoms with Gasteiger partial charge in [-0.1, -0.05) is 12.1 Å². The van der Waals surface area contributed by atoms with E-state index >= 15 is 0 Å². The maximum absolute atomic E-state index is 12.6. The maximum atomic E-state index is 12.6. The van der Waals surface area contributed by atoms with Gasteiger partial charge in [-0.3, -0.25) is 9.69 Å². The smallest absolute Gasteiger partial charge is 0.322 e. The number of thiazole rings is 1. The van der Waals surface area contributed by atoms with E-state index < -0.39 is 29.7 Å². The molecule has 1 unspecified atom stereocenters. The number of carbonyl (C=O) groups is 2. The van der Waals surface area contributed by atoms with Crippen molar-refractivity contribution < 1.29 is 22.8 Å². The van der Waals surface area contributed by atoms with Crippen LogP contribution in [0.2, 0.25) is 0 Å². The number of nitrogens with one attached hydrogen (secondary N) is 1. The van der Waals surface area contributed by atoms with Gasteiger partial charge in [-0.05, 0) is 24.6 Å². The minimum absolute atomic E-state index is 0.0906. The molecule has 1 N–H and O–H groups in total. The summed E-state index contributed by atoms with van der Waals surface area (Å²) in [5.41, 5.74) is -0.496. The molecule has 1 atom stereocenters. The predicted molar refractivity (Wildman–Crippen MR) is 80.1 cm³/mol. The van der Waals surface area contributed by atoms with E-state index in [1.54, 1.807) is 6.20 Å². The molecule has 0 aliphatic carbocycles. The summed E-state index contributed by atoms with van der Waals surface area (Å²) in [6.07, 6.45) is -2.86. The van der Waals surface area contributed by atoms with E-state index in [2.05, 4.69) is 10.3 Å². The van der Waals surface area contributed by atoms with Gasteiger partial charge in [-0.2, -0.15) is 13.2 Å². The second-order valence-electron chi connectivity index (χ2n) is 5.27. The van der Waals surface area contributed by atoms with Crippen LogP contribution >= 0.6 is 11.3 Å². The van der Waals surface area contributed by atoms with Crippen LogP contribution in [-0.4, -0.2) is 21.8 Å². The second kappa shape index (κ2) is 5.90. The summed E-state index contributed by atoms with van der Waals surface area (Å²) < 4.78 is 37.8. The van der Waals surface area contributed by atoms with Gasteiger partial charge in [-0.15, -0.1) is 11.3 Å². The lowest BCUT2D eigenvalue weighted by Crippen LogP contribution is -2.29. The lowest BCUT2D eigenvalue weighted by molar-refractivity contribution is -0.137. The van der Waals surface area contributed by atoms with E-state index in [9.17, 15) is 22.8 Å². The number of hydrogen-bond donors (Lipinski definition) is 1. The lowest BCUT2D eigenvalue weighted by Gasteiger charge is -2.12. The first-order valence-corrected chi connectivity index (χ1v) is 7.77. The SMILES string of the molecule is Cc1ncc(CN2C(=O)NC(c3ccc(C(F)(F)F)cc3)C2=O)s1. The Morgan fingerprint density at radius 1 is 1.25 bits per heavy atom. The first-order chi connectivity index (χ1) is 11.3. The van der Waals surface area contributed by atoms with Crippen molar-refractivity contribution in [1.82, 2.24) is 15.2 Å². The fourth-order valence-corrected chi connectivity index (χ4v) is 3.18. The summed E-state index contributed by atoms with van der Waals surface area (Å²) >= 11 is 1.37. The molecule has 9 heteroatoms. The summed E-state index contributed by atoms with van der Waals surface area (Å²) in [5, 5.41) is 3.31. The standard InChI is InChI=1S/C15H12F3N3O2S/c1-8-19-6-11(24-8)7-21-13(22)12(20-14(21)23)9-2-4-10(5-3-9)15(16,17)18/h2-6,12H,7H2,1H3,(H,20,23). The fourth-order valence-electron chi connectivity index (χ4n) is 2.39. The quantitative estimate of drug-likeness (QED) is 0.860. The number of aromatic nitrogens is 1. The molecule has 2 aromatic rings. The molecule has 3 rings (SSSR count). The number of halogens is 3. The molecule has 3 amide bonds. The Morgan fingerprint density at radius 3 is 2.46 bits per heavy atom. The average Bonchev–Trinajstić information content (AvgIpc) is 3.05. The molecule has 0 radical (unpaired) electrons. The van der Waals surface area contributed by atoms with E-state index in [1.165, 1.54) is 23.5 Å². The van der Waals surface area contributed by atoms with Gasteiger partial charge in [-0.25, -0.2) is 9.78 Å². The third-order valence-electron chi connectivity index (χ3n) is 3.58. The number of hydrogen-bond acceptors (Lipinski definition) is 4. The third-order valence-corrected chi connectivity index (χ3v) is 4.48. The van der Waals surface area contributed by atoms with Gasteiger partial charge < -0.3 is 5.32 Å². The van der Waals surface area contributed by atoms with Gasteiger partial charge in [0.25, 0.3) is 5.91 Å². The summed E-state index contributed by atoms with van der Waals surface area (Å²) in [5.74, 6) is -0.495. The number of urea groups is 1. The Morgan fingerprint density at radius 2 is 1.92 bits per heavy atom. The molecule has 1 aliphatic rings. The van der Waals surface area contributed by atoms with Crippen LogP contribution in [0.25, 0.3) is 0 Å². The Bertz CT molecular complexity index is 786. The van der Waals surface area contributed by atoms with E-state index in [4.69, 9.17) is 0 Å². The van der Waals surface area contributed by atoms with Crippen molar-refractivity contribution in [2.45, 2.75) is 25.7 Å². The minimum atomic E-state index is -4.45. The molecule has 24 heavy (non-hydrogen) atoms. The second-order valence-corrected chi connectivity index (χ2v) is 6.59. The van der Waals surface area contributed by atoms with Crippen molar-refractivity contribution in [1.29, 1.82) is 0 Å². The Labute approximate surface area is 139 Å². The van der Waals surface area contributed by atoms with Crippen LogP contribution in [-0.2, 0) is 17.5 Å². The third kappa shape index (κ3) is 3.12. The van der Waals surface area contributed by atoms with Crippen LogP contribution in [0.5, 0.6) is 0 Å². The molecular formula is C15H12F3N3O2S. The number of aryl methyl sites for hydroxylation is 1. The number of nitrogens with zero attached hydrogens (tertiary/aromatic N) is 2. The van der Waals surface area contributed by atoms with E-state index in [0.29, 0.717) is 5.56 Å². The number of imide groups is 1. The molecule has 5 nitrogen and oxygen atoms in total. The predicted octanol–water partition coefficient (Wildman–Crippen LogP) is 3.26. The van der Waals surface area contributed by atoms with Crippen molar-refractivity contribution in [2.24, 2.45) is 0 Å². The van der Waals surface area contributed by atoms with Crippen molar-refractivity contribution in [3.8, 4) is 0 Å². The van der Waals surface area contributed by atoms with Crippen LogP contribution in [0, 0.1) is 6.92 Å². The molecule has 1 fully saturated rings. The highest BCUT2D eigenvalue weighted by atomic mass is 32.1. The molecule has 1 aliphatic heterocycles. The minimum Gasteiger partial charge on any atom is -0.322 e. The number of rotatable bonds is 3. The zero-order chi connectivity index (χ0) is 17.5. The van der Waals surface area contributed by atoms with Crippen molar-refractivity contribution in [2.75, 3.05) is 0 Å². The zero-order valence-electron chi connectivity index (χ0n) is 12.4. The van der Waals surface area contributed by atoms with Crippen molar-refractivity contribution in [3.63, 3.8) is 0 Å². The summed E-state index contributed by atoms with van der Waals surface area (Å²) in [6.45, 7) is 1.90. The fraction of sp³-hybridized carbons (Fsp3) is 0.267. The molecule has 1 aromatic carbocycles. The summed E-state index contributed by atoms with van der Waals surface area (Å²) in [7, 11) is 0. The molecule has 2 heterocycles. The van der Waals surface area contributed by atoms with Crippen molar-refractivity contribution >= 4 is 23.3 Å². The molecule has 0 saturated carbocycles. The monoisotopic (exact) mass is 355 g/mol. The topological polar surface area (TPSA) is 62.3 Å². The maximum Gasteiger partial charge on any atom is 0.416 e. The zero-order valence-corrected chi connectivity index (χ0v) is 13.2. The van der Waals surface area contributed by atoms with Gasteiger partial charge in [0.1, 0.15) is 6.04 Å². The van der Waals surface area contributed by atoms with Crippen LogP contribution in [0.15, 0.2) is 30.5 Å². The van der Waals surface area contributed by atoms with Gasteiger partial charge in [0.05, 0.1) is 17.1 Å². The Balaban J connectivity index is 1.78. The Hall–Kier alpha value is -2.42. The van der Waals surface area contributed by atoms with Crippen LogP contribution in [0.1, 0.15) is 27.1 Å². The molecular weight excluding hydrogens is 343 g/mol. The molecule has 1 aromatic heterocycles. The highest BCUT2D eigenvalue weighted by Gasteiger charge is 2.39. The van der Waals surface area contributed by atoms with E-state index in [-0.39, 0.29) is 6.54 Å². The highest BCUT2D eigenvalue weighted by molar-refractivity contribution is 7.11. The van der Waals surface area contributed by atoms with E-state index in [1.807, 2.05) is 6.92 Å². The van der Waals surface area contributed by atoms with Crippen LogP contribution in [0.3, 0.4) is 0 Å². The highest BCUT2D eigenvalue weighted by Crippen LogP contribution is 2.31. The molecule has 126 valence electrons. The van der Waals surface area contributed by atoms with E-state index in [0.717, 1.165) is 26.9 Å². The first-order valence-electron chi connectivity index (χ1n) is 6.96. The number of alkyl halides is 3.